The predicted octanol–water partition coefficient (Wildman–Crippen LogP) is 3.09. The molecule has 0 aliphatic carbocycles. The Hall–Kier alpha value is -1.20. The van der Waals surface area contributed by atoms with E-state index in [1.54, 1.807) is 4.57 Å². The summed E-state index contributed by atoms with van der Waals surface area (Å²) in [6.07, 6.45) is 0.944. The van der Waals surface area contributed by atoms with Crippen molar-refractivity contribution >= 4 is 22.6 Å². The normalized spacial score (nSPS) is 19.4. The molecule has 2 heterocycles. The highest BCUT2D eigenvalue weighted by molar-refractivity contribution is 6.16. The van der Waals surface area contributed by atoms with Gasteiger partial charge in [0.25, 0.3) is 0 Å². The first kappa shape index (κ1) is 12.8. The van der Waals surface area contributed by atoms with Crippen molar-refractivity contribution in [3.63, 3.8) is 0 Å². The van der Waals surface area contributed by atoms with Crippen molar-refractivity contribution in [3.05, 3.63) is 29.6 Å². The molecule has 3 nitrogen and oxygen atoms in total. The van der Waals surface area contributed by atoms with Gasteiger partial charge in [0.05, 0.1) is 18.0 Å². The molecule has 0 radical (unpaired) electrons. The molecule has 1 saturated heterocycles. The predicted molar refractivity (Wildman–Crippen MR) is 68.1 cm³/mol. The Morgan fingerprint density at radius 1 is 1.42 bits per heavy atom. The highest BCUT2D eigenvalue weighted by Gasteiger charge is 2.21. The van der Waals surface area contributed by atoms with Crippen LogP contribution in [0.1, 0.15) is 12.2 Å². The summed E-state index contributed by atoms with van der Waals surface area (Å²) >= 11 is 5.85. The molecule has 19 heavy (non-hydrogen) atoms. The number of imidazole rings is 1. The number of alkyl halides is 1. The fourth-order valence-electron chi connectivity index (χ4n) is 2.49. The number of rotatable bonds is 3. The molecule has 1 aromatic heterocycles. The lowest BCUT2D eigenvalue weighted by Crippen LogP contribution is -2.12. The zero-order chi connectivity index (χ0) is 13.4. The second-order valence-corrected chi connectivity index (χ2v) is 5.02. The van der Waals surface area contributed by atoms with E-state index in [1.165, 1.54) is 6.07 Å². The first-order valence-electron chi connectivity index (χ1n) is 6.17. The van der Waals surface area contributed by atoms with Crippen LogP contribution in [0.2, 0.25) is 0 Å². The van der Waals surface area contributed by atoms with Gasteiger partial charge in [-0.05, 0) is 12.5 Å². The van der Waals surface area contributed by atoms with Crippen LogP contribution >= 0.6 is 11.6 Å². The number of benzene rings is 1. The van der Waals surface area contributed by atoms with Crippen LogP contribution in [0.3, 0.4) is 0 Å². The SMILES string of the molecule is Fc1cc(F)c2nc(CCl)n(CC3CCOC3)c2c1. The number of aromatic nitrogens is 2. The van der Waals surface area contributed by atoms with Crippen LogP contribution in [0.15, 0.2) is 12.1 Å². The molecule has 102 valence electrons. The molecular formula is C13H13ClF2N2O. The van der Waals surface area contributed by atoms with Gasteiger partial charge in [-0.25, -0.2) is 13.8 Å². The Balaban J connectivity index is 2.09. The van der Waals surface area contributed by atoms with Crippen molar-refractivity contribution in [2.24, 2.45) is 5.92 Å². The lowest BCUT2D eigenvalue weighted by molar-refractivity contribution is 0.182. The maximum absolute atomic E-state index is 13.7. The first-order chi connectivity index (χ1) is 9.19. The summed E-state index contributed by atoms with van der Waals surface area (Å²) in [6, 6.07) is 2.15. The van der Waals surface area contributed by atoms with Gasteiger partial charge in [0.15, 0.2) is 5.82 Å². The summed E-state index contributed by atoms with van der Waals surface area (Å²) in [6.45, 7) is 2.02. The molecule has 0 amide bonds. The van der Waals surface area contributed by atoms with Gasteiger partial charge in [-0.1, -0.05) is 0 Å². The van der Waals surface area contributed by atoms with Gasteiger partial charge in [0.1, 0.15) is 17.2 Å². The maximum Gasteiger partial charge on any atom is 0.153 e. The summed E-state index contributed by atoms with van der Waals surface area (Å²) in [7, 11) is 0. The minimum Gasteiger partial charge on any atom is -0.381 e. The molecular weight excluding hydrogens is 274 g/mol. The highest BCUT2D eigenvalue weighted by atomic mass is 35.5. The first-order valence-corrected chi connectivity index (χ1v) is 6.70. The number of halogens is 3. The van der Waals surface area contributed by atoms with Crippen LogP contribution < -0.4 is 0 Å². The van der Waals surface area contributed by atoms with Gasteiger partial charge >= 0.3 is 0 Å². The monoisotopic (exact) mass is 286 g/mol. The van der Waals surface area contributed by atoms with Crippen LogP contribution in [0.5, 0.6) is 0 Å². The molecule has 3 rings (SSSR count). The highest BCUT2D eigenvalue weighted by Crippen LogP contribution is 2.25. The van der Waals surface area contributed by atoms with Crippen LogP contribution in [-0.2, 0) is 17.2 Å². The number of fused-ring (bicyclic) bond motifs is 1. The van der Waals surface area contributed by atoms with Crippen molar-refractivity contribution in [1.29, 1.82) is 0 Å². The molecule has 2 aromatic rings. The summed E-state index contributed by atoms with van der Waals surface area (Å²) in [5, 5.41) is 0. The standard InChI is InChI=1S/C13H13ClF2N2O/c14-5-12-17-13-10(16)3-9(15)4-11(13)18(12)6-8-1-2-19-7-8/h3-4,8H,1-2,5-7H2. The zero-order valence-corrected chi connectivity index (χ0v) is 11.0. The second kappa shape index (κ2) is 5.06. The van der Waals surface area contributed by atoms with Crippen molar-refractivity contribution in [3.8, 4) is 0 Å². The molecule has 0 saturated carbocycles. The molecule has 1 atom stereocenters. The summed E-state index contributed by atoms with van der Waals surface area (Å²) in [5.74, 6) is -0.181. The Bertz CT molecular complexity index is 608. The van der Waals surface area contributed by atoms with Crippen LogP contribution in [0.25, 0.3) is 11.0 Å². The number of nitrogens with zero attached hydrogens (tertiary/aromatic N) is 2. The smallest absolute Gasteiger partial charge is 0.153 e. The van der Waals surface area contributed by atoms with Crippen molar-refractivity contribution in [2.75, 3.05) is 13.2 Å². The summed E-state index contributed by atoms with van der Waals surface area (Å²) in [5.41, 5.74) is 0.635. The number of hydrogen-bond acceptors (Lipinski definition) is 2. The van der Waals surface area contributed by atoms with Crippen molar-refractivity contribution < 1.29 is 13.5 Å². The van der Waals surface area contributed by atoms with Crippen molar-refractivity contribution in [2.45, 2.75) is 18.8 Å². The fraction of sp³-hybridized carbons (Fsp3) is 0.462. The molecule has 6 heteroatoms. The Kier molecular flexibility index (Phi) is 3.41. The second-order valence-electron chi connectivity index (χ2n) is 4.76. The van der Waals surface area contributed by atoms with E-state index in [1.807, 2.05) is 0 Å². The number of hydrogen-bond donors (Lipinski definition) is 0. The third-order valence-corrected chi connectivity index (χ3v) is 3.67. The van der Waals surface area contributed by atoms with Gasteiger partial charge in [-0.2, -0.15) is 0 Å². The molecule has 0 spiro atoms. The summed E-state index contributed by atoms with van der Waals surface area (Å²) in [4.78, 5) is 4.16. The van der Waals surface area contributed by atoms with E-state index < -0.39 is 11.6 Å². The minimum atomic E-state index is -0.650. The van der Waals surface area contributed by atoms with E-state index in [4.69, 9.17) is 16.3 Å². The molecule has 1 fully saturated rings. The molecule has 0 N–H and O–H groups in total. The van der Waals surface area contributed by atoms with E-state index in [0.29, 0.717) is 30.4 Å². The average Bonchev–Trinajstić information content (AvgIpc) is 2.99. The zero-order valence-electron chi connectivity index (χ0n) is 10.2. The Morgan fingerprint density at radius 2 is 2.26 bits per heavy atom. The van der Waals surface area contributed by atoms with Gasteiger partial charge in [0, 0.05) is 25.1 Å². The minimum absolute atomic E-state index is 0.170. The van der Waals surface area contributed by atoms with Gasteiger partial charge in [-0.3, -0.25) is 0 Å². The van der Waals surface area contributed by atoms with E-state index >= 15 is 0 Å². The molecule has 1 unspecified atom stereocenters. The Labute approximate surface area is 114 Å². The molecule has 1 aliphatic rings. The molecule has 1 aromatic carbocycles. The third-order valence-electron chi connectivity index (χ3n) is 3.44. The maximum atomic E-state index is 13.7. The van der Waals surface area contributed by atoms with E-state index in [-0.39, 0.29) is 11.4 Å². The fourth-order valence-corrected chi connectivity index (χ4v) is 2.69. The molecule has 1 aliphatic heterocycles. The number of ether oxygens (including phenoxy) is 1. The lowest BCUT2D eigenvalue weighted by Gasteiger charge is -2.12. The van der Waals surface area contributed by atoms with Gasteiger partial charge < -0.3 is 9.30 Å². The van der Waals surface area contributed by atoms with E-state index in [9.17, 15) is 8.78 Å². The Morgan fingerprint density at radius 3 is 2.95 bits per heavy atom. The van der Waals surface area contributed by atoms with Crippen LogP contribution in [0.4, 0.5) is 8.78 Å². The van der Waals surface area contributed by atoms with Gasteiger partial charge in [0.2, 0.25) is 0 Å². The third kappa shape index (κ3) is 2.32. The van der Waals surface area contributed by atoms with Gasteiger partial charge in [-0.15, -0.1) is 11.6 Å². The van der Waals surface area contributed by atoms with Crippen LogP contribution in [-0.4, -0.2) is 22.8 Å². The molecule has 0 bridgehead atoms. The summed E-state index contributed by atoms with van der Waals surface area (Å²) < 4.78 is 34.2. The van der Waals surface area contributed by atoms with E-state index in [2.05, 4.69) is 4.98 Å². The van der Waals surface area contributed by atoms with Crippen molar-refractivity contribution in [1.82, 2.24) is 9.55 Å². The lowest BCUT2D eigenvalue weighted by atomic mass is 10.1. The quantitative estimate of drug-likeness (QED) is 0.811. The van der Waals surface area contributed by atoms with E-state index in [0.717, 1.165) is 19.1 Å². The largest absolute Gasteiger partial charge is 0.381 e. The topological polar surface area (TPSA) is 27.1 Å². The average molecular weight is 287 g/mol. The van der Waals surface area contributed by atoms with Crippen LogP contribution in [0, 0.1) is 17.6 Å².